The molecule has 0 aliphatic carbocycles. The molecule has 0 saturated carbocycles. The van der Waals surface area contributed by atoms with Crippen LogP contribution in [0.5, 0.6) is 0 Å². The smallest absolute Gasteiger partial charge is 0.124 e. The lowest BCUT2D eigenvalue weighted by Crippen LogP contribution is -2.23. The molecule has 1 atom stereocenters. The highest BCUT2D eigenvalue weighted by molar-refractivity contribution is 6.31. The van der Waals surface area contributed by atoms with Crippen LogP contribution in [-0.2, 0) is 13.1 Å². The minimum Gasteiger partial charge on any atom is -0.392 e. The van der Waals surface area contributed by atoms with E-state index in [1.165, 1.54) is 12.1 Å². The number of fused-ring (bicyclic) bond motifs is 1. The van der Waals surface area contributed by atoms with E-state index in [0.717, 1.165) is 22.0 Å². The first-order chi connectivity index (χ1) is 11.5. The molecule has 0 amide bonds. The summed E-state index contributed by atoms with van der Waals surface area (Å²) in [6.07, 6.45) is 1.70. The van der Waals surface area contributed by atoms with E-state index in [4.69, 9.17) is 11.6 Å². The van der Waals surface area contributed by atoms with Gasteiger partial charge in [-0.3, -0.25) is 0 Å². The van der Waals surface area contributed by atoms with Crippen LogP contribution in [0.25, 0.3) is 10.9 Å². The van der Waals surface area contributed by atoms with Crippen molar-refractivity contribution >= 4 is 22.5 Å². The average molecular weight is 347 g/mol. The predicted molar refractivity (Wildman–Crippen MR) is 95.8 cm³/mol. The lowest BCUT2D eigenvalue weighted by Gasteiger charge is -2.07. The molecule has 3 nitrogen and oxygen atoms in total. The predicted octanol–water partition coefficient (Wildman–Crippen LogP) is 3.95. The Balaban J connectivity index is 1.90. The second-order valence-corrected chi connectivity index (χ2v) is 6.42. The second-order valence-electron chi connectivity index (χ2n) is 6.02. The number of hydrogen-bond acceptors (Lipinski definition) is 2. The maximum Gasteiger partial charge on any atom is 0.124 e. The van der Waals surface area contributed by atoms with Crippen LogP contribution in [-0.4, -0.2) is 22.3 Å². The topological polar surface area (TPSA) is 37.2 Å². The molecule has 0 radical (unpaired) electrons. The van der Waals surface area contributed by atoms with E-state index in [2.05, 4.69) is 28.2 Å². The molecule has 3 rings (SSSR count). The normalized spacial score (nSPS) is 12.7. The van der Waals surface area contributed by atoms with E-state index in [1.54, 1.807) is 13.0 Å². The minimum absolute atomic E-state index is 0.330. The zero-order chi connectivity index (χ0) is 17.1. The standard InChI is InChI=1S/C19H20ClFN2O/c1-13(24)9-22-10-15-12-23(19-5-3-2-4-17(15)19)11-14-6-7-16(21)8-18(14)20/h2-8,12-13,22,24H,9-11H2,1H3/t13-/m0/s1. The third-order valence-electron chi connectivity index (χ3n) is 3.98. The lowest BCUT2D eigenvalue weighted by atomic mass is 10.2. The summed E-state index contributed by atoms with van der Waals surface area (Å²) in [5.41, 5.74) is 3.14. The number of nitrogens with one attached hydrogen (secondary N) is 1. The van der Waals surface area contributed by atoms with Crippen LogP contribution in [0.2, 0.25) is 5.02 Å². The van der Waals surface area contributed by atoms with Gasteiger partial charge in [0.2, 0.25) is 0 Å². The van der Waals surface area contributed by atoms with Gasteiger partial charge >= 0.3 is 0 Å². The van der Waals surface area contributed by atoms with E-state index >= 15 is 0 Å². The third kappa shape index (κ3) is 3.78. The van der Waals surface area contributed by atoms with Gasteiger partial charge in [0.1, 0.15) is 5.82 Å². The molecule has 0 bridgehead atoms. The molecule has 126 valence electrons. The summed E-state index contributed by atoms with van der Waals surface area (Å²) >= 11 is 6.16. The molecular formula is C19H20ClFN2O. The molecule has 0 saturated heterocycles. The van der Waals surface area contributed by atoms with Gasteiger partial charge in [-0.1, -0.05) is 35.9 Å². The number of halogens is 2. The first kappa shape index (κ1) is 17.0. The summed E-state index contributed by atoms with van der Waals surface area (Å²) in [6.45, 7) is 3.56. The van der Waals surface area contributed by atoms with E-state index in [-0.39, 0.29) is 11.9 Å². The first-order valence-corrected chi connectivity index (χ1v) is 8.32. The van der Waals surface area contributed by atoms with Crippen molar-refractivity contribution in [2.75, 3.05) is 6.54 Å². The van der Waals surface area contributed by atoms with Crippen LogP contribution < -0.4 is 5.32 Å². The number of aliphatic hydroxyl groups excluding tert-OH is 1. The van der Waals surface area contributed by atoms with Crippen molar-refractivity contribution < 1.29 is 9.50 Å². The summed E-state index contributed by atoms with van der Waals surface area (Å²) < 4.78 is 15.3. The summed E-state index contributed by atoms with van der Waals surface area (Å²) in [5.74, 6) is -0.330. The quantitative estimate of drug-likeness (QED) is 0.709. The zero-order valence-corrected chi connectivity index (χ0v) is 14.2. The van der Waals surface area contributed by atoms with Crippen LogP contribution in [0, 0.1) is 5.82 Å². The van der Waals surface area contributed by atoms with Gasteiger partial charge in [0.15, 0.2) is 0 Å². The molecule has 0 fully saturated rings. The SMILES string of the molecule is C[C@H](O)CNCc1cn(Cc2ccc(F)cc2Cl)c2ccccc12. The maximum atomic E-state index is 13.2. The molecule has 2 N–H and O–H groups in total. The minimum atomic E-state index is -0.378. The van der Waals surface area contributed by atoms with Gasteiger partial charge in [0, 0.05) is 41.8 Å². The second kappa shape index (κ2) is 7.34. The van der Waals surface area contributed by atoms with Crippen molar-refractivity contribution in [3.05, 3.63) is 70.6 Å². The molecule has 0 aliphatic heterocycles. The van der Waals surface area contributed by atoms with Gasteiger partial charge in [-0.05, 0) is 36.2 Å². The molecule has 3 aromatic rings. The lowest BCUT2D eigenvalue weighted by molar-refractivity contribution is 0.191. The number of benzene rings is 2. The fourth-order valence-electron chi connectivity index (χ4n) is 2.84. The summed E-state index contributed by atoms with van der Waals surface area (Å²) in [4.78, 5) is 0. The van der Waals surface area contributed by atoms with Crippen LogP contribution >= 0.6 is 11.6 Å². The Kier molecular flexibility index (Phi) is 5.19. The molecule has 0 aliphatic rings. The summed E-state index contributed by atoms with van der Waals surface area (Å²) in [5, 5.41) is 14.2. The van der Waals surface area contributed by atoms with E-state index in [1.807, 2.05) is 12.1 Å². The Morgan fingerprint density at radius 2 is 2.00 bits per heavy atom. The van der Waals surface area contributed by atoms with Crippen molar-refractivity contribution in [1.29, 1.82) is 0 Å². The van der Waals surface area contributed by atoms with Crippen molar-refractivity contribution in [1.82, 2.24) is 9.88 Å². The fraction of sp³-hybridized carbons (Fsp3) is 0.263. The van der Waals surface area contributed by atoms with E-state index in [9.17, 15) is 9.50 Å². The molecule has 0 unspecified atom stereocenters. The first-order valence-electron chi connectivity index (χ1n) is 7.94. The zero-order valence-electron chi connectivity index (χ0n) is 13.5. The number of aromatic nitrogens is 1. The van der Waals surface area contributed by atoms with Crippen LogP contribution in [0.4, 0.5) is 4.39 Å². The number of hydrogen-bond donors (Lipinski definition) is 2. The highest BCUT2D eigenvalue weighted by Crippen LogP contribution is 2.25. The molecule has 24 heavy (non-hydrogen) atoms. The average Bonchev–Trinajstić information content (AvgIpc) is 2.88. The van der Waals surface area contributed by atoms with Crippen molar-refractivity contribution in [3.8, 4) is 0 Å². The Morgan fingerprint density at radius 3 is 2.75 bits per heavy atom. The Bertz CT molecular complexity index is 844. The Hall–Kier alpha value is -1.88. The number of para-hydroxylation sites is 1. The van der Waals surface area contributed by atoms with Gasteiger partial charge in [-0.15, -0.1) is 0 Å². The molecule has 1 aromatic heterocycles. The van der Waals surface area contributed by atoms with E-state index < -0.39 is 0 Å². The van der Waals surface area contributed by atoms with Gasteiger partial charge in [-0.25, -0.2) is 4.39 Å². The van der Waals surface area contributed by atoms with Gasteiger partial charge in [0.05, 0.1) is 6.10 Å². The fourth-order valence-corrected chi connectivity index (χ4v) is 3.07. The molecule has 0 spiro atoms. The maximum absolute atomic E-state index is 13.2. The number of aliphatic hydroxyl groups is 1. The van der Waals surface area contributed by atoms with Crippen molar-refractivity contribution in [2.45, 2.75) is 26.1 Å². The highest BCUT2D eigenvalue weighted by Gasteiger charge is 2.10. The van der Waals surface area contributed by atoms with Crippen LogP contribution in [0.3, 0.4) is 0 Å². The third-order valence-corrected chi connectivity index (χ3v) is 4.33. The molecule has 2 aromatic carbocycles. The van der Waals surface area contributed by atoms with Gasteiger partial charge in [-0.2, -0.15) is 0 Å². The van der Waals surface area contributed by atoms with E-state index in [0.29, 0.717) is 24.7 Å². The van der Waals surface area contributed by atoms with Gasteiger partial charge in [0.25, 0.3) is 0 Å². The number of nitrogens with zero attached hydrogens (tertiary/aromatic N) is 1. The Morgan fingerprint density at radius 1 is 1.21 bits per heavy atom. The van der Waals surface area contributed by atoms with Crippen molar-refractivity contribution in [2.24, 2.45) is 0 Å². The largest absolute Gasteiger partial charge is 0.392 e. The van der Waals surface area contributed by atoms with Gasteiger partial charge < -0.3 is 15.0 Å². The molecule has 5 heteroatoms. The van der Waals surface area contributed by atoms with Crippen LogP contribution in [0.1, 0.15) is 18.1 Å². The molecule has 1 heterocycles. The summed E-state index contributed by atoms with van der Waals surface area (Å²) in [7, 11) is 0. The molecular weight excluding hydrogens is 327 g/mol. The van der Waals surface area contributed by atoms with Crippen LogP contribution in [0.15, 0.2) is 48.7 Å². The van der Waals surface area contributed by atoms with Crippen molar-refractivity contribution in [3.63, 3.8) is 0 Å². The monoisotopic (exact) mass is 346 g/mol. The number of rotatable bonds is 6. The Labute approximate surface area is 145 Å². The highest BCUT2D eigenvalue weighted by atomic mass is 35.5. The summed E-state index contributed by atoms with van der Waals surface area (Å²) in [6, 6.07) is 12.6.